The van der Waals surface area contributed by atoms with Crippen LogP contribution in [0.4, 0.5) is 22.0 Å². The van der Waals surface area contributed by atoms with E-state index in [1.807, 2.05) is 0 Å². The molecule has 0 amide bonds. The molecule has 0 spiro atoms. The van der Waals surface area contributed by atoms with Crippen LogP contribution in [0.2, 0.25) is 10.2 Å². The smallest absolute Gasteiger partial charge is 0.453 e. The van der Waals surface area contributed by atoms with Crippen molar-refractivity contribution in [3.8, 4) is 11.4 Å². The Morgan fingerprint density at radius 1 is 1.15 bits per heavy atom. The van der Waals surface area contributed by atoms with Crippen molar-refractivity contribution in [3.63, 3.8) is 0 Å². The number of carbonyl (C=O) groups is 1. The highest BCUT2D eigenvalue weighted by Crippen LogP contribution is 2.39. The number of halogens is 7. The second kappa shape index (κ2) is 8.68. The summed E-state index contributed by atoms with van der Waals surface area (Å²) in [6.45, 7) is 2.35. The first-order chi connectivity index (χ1) is 15.2. The quantitative estimate of drug-likeness (QED) is 0.307. The first-order valence-electron chi connectivity index (χ1n) is 9.41. The Kier molecular flexibility index (Phi) is 6.60. The van der Waals surface area contributed by atoms with Crippen molar-refractivity contribution in [2.24, 2.45) is 0 Å². The van der Waals surface area contributed by atoms with Crippen molar-refractivity contribution in [2.45, 2.75) is 44.3 Å². The summed E-state index contributed by atoms with van der Waals surface area (Å²) in [7, 11) is 1.21. The molecule has 6 nitrogen and oxygen atoms in total. The van der Waals surface area contributed by atoms with Crippen LogP contribution in [0.15, 0.2) is 24.4 Å². The van der Waals surface area contributed by atoms with Crippen LogP contribution in [0.3, 0.4) is 0 Å². The summed E-state index contributed by atoms with van der Waals surface area (Å²) in [4.78, 5) is 20.5. The first-order valence-corrected chi connectivity index (χ1v) is 10.2. The highest BCUT2D eigenvalue weighted by atomic mass is 35.5. The van der Waals surface area contributed by atoms with Crippen LogP contribution < -0.4 is 0 Å². The topological polar surface area (TPSA) is 69.9 Å². The number of rotatable bonds is 6. The van der Waals surface area contributed by atoms with E-state index in [1.165, 1.54) is 31.5 Å². The largest absolute Gasteiger partial charge is 0.468 e. The molecular formula is C20H17Cl2F5N4O2. The van der Waals surface area contributed by atoms with Gasteiger partial charge in [0.25, 0.3) is 0 Å². The van der Waals surface area contributed by atoms with E-state index in [-0.39, 0.29) is 32.8 Å². The third kappa shape index (κ3) is 4.74. The Balaban J connectivity index is 2.06. The molecule has 2 aromatic heterocycles. The molecule has 2 heterocycles. The number of benzene rings is 1. The van der Waals surface area contributed by atoms with E-state index in [4.69, 9.17) is 27.9 Å². The number of aromatic nitrogens is 4. The van der Waals surface area contributed by atoms with Crippen LogP contribution in [-0.4, -0.2) is 44.9 Å². The number of carbonyl (C=O) groups excluding carboxylic acids is 1. The summed E-state index contributed by atoms with van der Waals surface area (Å²) in [6, 6.07) is 4.43. The molecule has 33 heavy (non-hydrogen) atoms. The summed E-state index contributed by atoms with van der Waals surface area (Å²) in [5.74, 6) is -5.49. The minimum absolute atomic E-state index is 0.122. The van der Waals surface area contributed by atoms with Crippen LogP contribution in [0.25, 0.3) is 22.3 Å². The van der Waals surface area contributed by atoms with Gasteiger partial charge in [-0.3, -0.25) is 14.5 Å². The molecule has 0 bridgehead atoms. The zero-order valence-corrected chi connectivity index (χ0v) is 19.0. The van der Waals surface area contributed by atoms with Gasteiger partial charge in [0.2, 0.25) is 0 Å². The maximum absolute atomic E-state index is 13.5. The maximum atomic E-state index is 13.5. The molecule has 13 heteroatoms. The number of aryl methyl sites for hydroxylation is 1. The second-order valence-electron chi connectivity index (χ2n) is 7.70. The number of hydrogen-bond donors (Lipinski definition) is 0. The molecule has 178 valence electrons. The van der Waals surface area contributed by atoms with Gasteiger partial charge in [-0.25, -0.2) is 4.98 Å². The summed E-state index contributed by atoms with van der Waals surface area (Å²) in [6.07, 6.45) is -5.92. The van der Waals surface area contributed by atoms with Crippen molar-refractivity contribution < 1.29 is 31.5 Å². The lowest BCUT2D eigenvalue weighted by Gasteiger charge is -2.21. The predicted molar refractivity (Wildman–Crippen MR) is 111 cm³/mol. The van der Waals surface area contributed by atoms with Crippen molar-refractivity contribution in [2.75, 3.05) is 7.11 Å². The monoisotopic (exact) mass is 510 g/mol. The number of hydrogen-bond acceptors (Lipinski definition) is 5. The molecule has 3 aromatic rings. The standard InChI is InChI=1S/C20H17Cl2F5N4O2/c1-18(2,17(32)33-3)15-16(22)29-12(9-28-15)14-11-5-4-10(21)8-13(11)31(30-14)7-6-19(23,24)20(25,26)27/h4-5,8-9H,6-7H2,1-3H3. The first kappa shape index (κ1) is 25.1. The third-order valence-electron chi connectivity index (χ3n) is 5.03. The lowest BCUT2D eigenvalue weighted by molar-refractivity contribution is -0.285. The molecule has 0 aliphatic carbocycles. The number of ether oxygens (including phenoxy) is 1. The van der Waals surface area contributed by atoms with Gasteiger partial charge in [-0.15, -0.1) is 0 Å². The van der Waals surface area contributed by atoms with E-state index in [9.17, 15) is 26.7 Å². The highest BCUT2D eigenvalue weighted by molar-refractivity contribution is 6.31. The van der Waals surface area contributed by atoms with E-state index in [1.54, 1.807) is 13.8 Å². The van der Waals surface area contributed by atoms with E-state index in [2.05, 4.69) is 15.1 Å². The SMILES string of the molecule is COC(=O)C(C)(C)c1ncc(-c2nn(CCC(F)(F)C(F)(F)F)c3cc(Cl)ccc23)nc1Cl. The highest BCUT2D eigenvalue weighted by Gasteiger charge is 2.56. The molecular weight excluding hydrogens is 494 g/mol. The molecule has 0 atom stereocenters. The Morgan fingerprint density at radius 2 is 1.82 bits per heavy atom. The molecule has 0 radical (unpaired) electrons. The number of nitrogens with zero attached hydrogens (tertiary/aromatic N) is 4. The van der Waals surface area contributed by atoms with Crippen molar-refractivity contribution in [1.29, 1.82) is 0 Å². The molecule has 0 aliphatic rings. The van der Waals surface area contributed by atoms with Crippen LogP contribution in [0, 0.1) is 0 Å². The molecule has 0 unspecified atom stereocenters. The fraction of sp³-hybridized carbons (Fsp3) is 0.400. The van der Waals surface area contributed by atoms with Crippen molar-refractivity contribution in [1.82, 2.24) is 19.7 Å². The van der Waals surface area contributed by atoms with Gasteiger partial charge in [0.15, 0.2) is 5.15 Å². The number of fused-ring (bicyclic) bond motifs is 1. The van der Waals surface area contributed by atoms with E-state index >= 15 is 0 Å². The van der Waals surface area contributed by atoms with Crippen LogP contribution in [-0.2, 0) is 21.5 Å². The molecule has 0 aliphatic heterocycles. The van der Waals surface area contributed by atoms with Crippen molar-refractivity contribution >= 4 is 40.1 Å². The van der Waals surface area contributed by atoms with Gasteiger partial charge in [-0.2, -0.15) is 27.1 Å². The maximum Gasteiger partial charge on any atom is 0.453 e. The summed E-state index contributed by atoms with van der Waals surface area (Å²) >= 11 is 12.2. The average Bonchev–Trinajstić information content (AvgIpc) is 3.08. The van der Waals surface area contributed by atoms with Gasteiger partial charge >= 0.3 is 18.1 Å². The average molecular weight is 511 g/mol. The normalized spacial score (nSPS) is 12.9. The van der Waals surface area contributed by atoms with E-state index in [0.29, 0.717) is 5.39 Å². The van der Waals surface area contributed by atoms with Crippen LogP contribution in [0.5, 0.6) is 0 Å². The van der Waals surface area contributed by atoms with E-state index in [0.717, 1.165) is 4.68 Å². The second-order valence-corrected chi connectivity index (χ2v) is 8.49. The Labute approximate surface area is 194 Å². The Hall–Kier alpha value is -2.53. The zero-order valence-electron chi connectivity index (χ0n) is 17.5. The van der Waals surface area contributed by atoms with Crippen LogP contribution in [0.1, 0.15) is 26.0 Å². The number of esters is 1. The van der Waals surface area contributed by atoms with E-state index < -0.39 is 36.4 Å². The minimum atomic E-state index is -5.68. The number of methoxy groups -OCH3 is 1. The molecule has 1 aromatic carbocycles. The number of alkyl halides is 5. The molecule has 0 saturated carbocycles. The van der Waals surface area contributed by atoms with Gasteiger partial charge in [-0.1, -0.05) is 23.2 Å². The Morgan fingerprint density at radius 3 is 2.39 bits per heavy atom. The van der Waals surface area contributed by atoms with Crippen molar-refractivity contribution in [3.05, 3.63) is 40.3 Å². The van der Waals surface area contributed by atoms with Gasteiger partial charge < -0.3 is 4.74 Å². The minimum Gasteiger partial charge on any atom is -0.468 e. The molecule has 3 rings (SSSR count). The summed E-state index contributed by atoms with van der Waals surface area (Å²) in [5.41, 5.74) is -0.578. The third-order valence-corrected chi connectivity index (χ3v) is 5.52. The van der Waals surface area contributed by atoms with Gasteiger partial charge in [0.1, 0.15) is 16.8 Å². The fourth-order valence-electron chi connectivity index (χ4n) is 3.15. The van der Waals surface area contributed by atoms with Gasteiger partial charge in [0.05, 0.1) is 24.5 Å². The predicted octanol–water partition coefficient (Wildman–Crippen LogP) is 5.84. The zero-order chi connectivity index (χ0) is 24.8. The summed E-state index contributed by atoms with van der Waals surface area (Å²) in [5, 5.41) is 4.67. The lowest BCUT2D eigenvalue weighted by Crippen LogP contribution is -2.37. The van der Waals surface area contributed by atoms with Gasteiger partial charge in [-0.05, 0) is 32.0 Å². The van der Waals surface area contributed by atoms with Crippen LogP contribution >= 0.6 is 23.2 Å². The molecule has 0 N–H and O–H groups in total. The summed E-state index contributed by atoms with van der Waals surface area (Å²) < 4.78 is 70.4. The Bertz CT molecular complexity index is 1210. The lowest BCUT2D eigenvalue weighted by atomic mass is 9.89. The molecule has 0 saturated heterocycles. The fourth-order valence-corrected chi connectivity index (χ4v) is 3.69. The molecule has 0 fully saturated rings. The van der Waals surface area contributed by atoms with Gasteiger partial charge in [0, 0.05) is 23.4 Å².